The van der Waals surface area contributed by atoms with E-state index in [-0.39, 0.29) is 43.3 Å². The summed E-state index contributed by atoms with van der Waals surface area (Å²) in [6.07, 6.45) is -3.62. The van der Waals surface area contributed by atoms with Gasteiger partial charge < -0.3 is 20.5 Å². The van der Waals surface area contributed by atoms with Crippen molar-refractivity contribution in [2.24, 2.45) is 0 Å². The Morgan fingerprint density at radius 3 is 2.58 bits per heavy atom. The van der Waals surface area contributed by atoms with Crippen molar-refractivity contribution in [1.29, 1.82) is 0 Å². The lowest BCUT2D eigenvalue weighted by atomic mass is 10.2. The summed E-state index contributed by atoms with van der Waals surface area (Å²) in [5, 5.41) is 15.4. The molecular weight excluding hydrogens is 349 g/mol. The van der Waals surface area contributed by atoms with Gasteiger partial charge in [0.25, 0.3) is 0 Å². The highest BCUT2D eigenvalue weighted by Crippen LogP contribution is 2.30. The molecule has 1 aromatic carbocycles. The Kier molecular flexibility index (Phi) is 7.78. The number of carbonyl (C=O) groups excluding carboxylic acids is 1. The van der Waals surface area contributed by atoms with E-state index >= 15 is 0 Å². The van der Waals surface area contributed by atoms with E-state index in [1.54, 1.807) is 0 Å². The molecule has 0 spiro atoms. The number of aliphatic hydroxyl groups excluding tert-OH is 1. The Bertz CT molecular complexity index is 520. The summed E-state index contributed by atoms with van der Waals surface area (Å²) in [5.74, 6) is 0.0527. The Morgan fingerprint density at radius 1 is 1.38 bits per heavy atom. The van der Waals surface area contributed by atoms with Crippen LogP contribution < -0.4 is 15.4 Å². The van der Waals surface area contributed by atoms with Crippen molar-refractivity contribution in [3.8, 4) is 5.75 Å². The Hall–Kier alpha value is -1.51. The van der Waals surface area contributed by atoms with Gasteiger partial charge in [0.2, 0.25) is 5.91 Å². The van der Waals surface area contributed by atoms with E-state index in [9.17, 15) is 23.1 Å². The van der Waals surface area contributed by atoms with Crippen molar-refractivity contribution in [2.45, 2.75) is 31.2 Å². The van der Waals surface area contributed by atoms with Crippen LogP contribution >= 0.6 is 12.4 Å². The molecule has 5 nitrogen and oxygen atoms in total. The number of hydrogen-bond acceptors (Lipinski definition) is 4. The monoisotopic (exact) mass is 368 g/mol. The molecule has 3 N–H and O–H groups in total. The second-order valence-electron chi connectivity index (χ2n) is 5.38. The lowest BCUT2D eigenvalue weighted by Gasteiger charge is -2.16. The van der Waals surface area contributed by atoms with Gasteiger partial charge in [-0.3, -0.25) is 4.79 Å². The standard InChI is InChI=1S/C15H19F3N2O3.ClH/c16-15(17,18)10-3-5-12(6-4-10)23-9-11(21)8-20-14(22)13-2-1-7-19-13;/h3-6,11,13,19,21H,1-2,7-9H2,(H,20,22);1H. The Labute approximate surface area is 144 Å². The number of aliphatic hydroxyl groups is 1. The van der Waals surface area contributed by atoms with E-state index in [0.29, 0.717) is 0 Å². The number of nitrogens with one attached hydrogen (secondary N) is 2. The van der Waals surface area contributed by atoms with Crippen LogP contribution in [0.1, 0.15) is 18.4 Å². The van der Waals surface area contributed by atoms with Crippen molar-refractivity contribution < 1.29 is 27.8 Å². The molecule has 0 aromatic heterocycles. The molecule has 1 fully saturated rings. The molecule has 0 saturated carbocycles. The number of amides is 1. The fraction of sp³-hybridized carbons (Fsp3) is 0.533. The summed E-state index contributed by atoms with van der Waals surface area (Å²) in [4.78, 5) is 11.7. The van der Waals surface area contributed by atoms with Gasteiger partial charge in [0, 0.05) is 6.54 Å². The number of halogens is 4. The summed E-state index contributed by atoms with van der Waals surface area (Å²) < 4.78 is 42.4. The zero-order chi connectivity index (χ0) is 16.9. The summed E-state index contributed by atoms with van der Waals surface area (Å²) in [6, 6.07) is 3.98. The average molecular weight is 369 g/mol. The SMILES string of the molecule is Cl.O=C(NCC(O)COc1ccc(C(F)(F)F)cc1)C1CCCN1. The molecule has 1 amide bonds. The third kappa shape index (κ3) is 6.18. The molecule has 9 heteroatoms. The van der Waals surface area contributed by atoms with Crippen LogP contribution in [0.3, 0.4) is 0 Å². The van der Waals surface area contributed by atoms with Gasteiger partial charge >= 0.3 is 6.18 Å². The number of hydrogen-bond donors (Lipinski definition) is 3. The van der Waals surface area contributed by atoms with Gasteiger partial charge in [-0.05, 0) is 43.7 Å². The highest BCUT2D eigenvalue weighted by Gasteiger charge is 2.30. The topological polar surface area (TPSA) is 70.6 Å². The average Bonchev–Trinajstić information content (AvgIpc) is 3.04. The van der Waals surface area contributed by atoms with Crippen LogP contribution in [-0.4, -0.2) is 42.9 Å². The quantitative estimate of drug-likeness (QED) is 0.715. The molecule has 0 bridgehead atoms. The molecule has 1 aliphatic rings. The number of benzene rings is 1. The largest absolute Gasteiger partial charge is 0.491 e. The molecule has 1 saturated heterocycles. The molecule has 2 atom stereocenters. The van der Waals surface area contributed by atoms with Crippen LogP contribution in [0, 0.1) is 0 Å². The van der Waals surface area contributed by atoms with Gasteiger partial charge in [-0.2, -0.15) is 13.2 Å². The highest BCUT2D eigenvalue weighted by atomic mass is 35.5. The van der Waals surface area contributed by atoms with Crippen LogP contribution in [0.5, 0.6) is 5.75 Å². The molecule has 2 rings (SSSR count). The van der Waals surface area contributed by atoms with Gasteiger partial charge in [0.05, 0.1) is 11.6 Å². The third-order valence-corrected chi connectivity index (χ3v) is 3.51. The van der Waals surface area contributed by atoms with Crippen LogP contribution in [-0.2, 0) is 11.0 Å². The molecule has 1 aromatic rings. The van der Waals surface area contributed by atoms with E-state index in [2.05, 4.69) is 10.6 Å². The minimum atomic E-state index is -4.39. The maximum atomic E-state index is 12.4. The number of carbonyl (C=O) groups is 1. The lowest BCUT2D eigenvalue weighted by molar-refractivity contribution is -0.137. The second kappa shape index (κ2) is 9.10. The molecule has 0 aliphatic carbocycles. The van der Waals surface area contributed by atoms with E-state index in [4.69, 9.17) is 4.74 Å². The fourth-order valence-corrected chi connectivity index (χ4v) is 2.24. The van der Waals surface area contributed by atoms with Gasteiger partial charge in [-0.15, -0.1) is 12.4 Å². The first-order valence-electron chi connectivity index (χ1n) is 7.35. The molecule has 136 valence electrons. The summed E-state index contributed by atoms with van der Waals surface area (Å²) in [7, 11) is 0. The van der Waals surface area contributed by atoms with Crippen molar-refractivity contribution >= 4 is 18.3 Å². The maximum absolute atomic E-state index is 12.4. The molecule has 24 heavy (non-hydrogen) atoms. The molecular formula is C15H20ClF3N2O3. The van der Waals surface area contributed by atoms with Crippen molar-refractivity contribution in [2.75, 3.05) is 19.7 Å². The number of rotatable bonds is 6. The molecule has 0 radical (unpaired) electrons. The van der Waals surface area contributed by atoms with Gasteiger partial charge in [0.15, 0.2) is 0 Å². The molecule has 1 heterocycles. The predicted molar refractivity (Wildman–Crippen MR) is 84.2 cm³/mol. The number of alkyl halides is 3. The van der Waals surface area contributed by atoms with E-state index < -0.39 is 17.8 Å². The number of ether oxygens (including phenoxy) is 1. The maximum Gasteiger partial charge on any atom is 0.416 e. The minimum Gasteiger partial charge on any atom is -0.491 e. The van der Waals surface area contributed by atoms with E-state index in [0.717, 1.165) is 31.5 Å². The van der Waals surface area contributed by atoms with Crippen LogP contribution in [0.2, 0.25) is 0 Å². The van der Waals surface area contributed by atoms with E-state index in [1.807, 2.05) is 0 Å². The van der Waals surface area contributed by atoms with Crippen molar-refractivity contribution in [3.05, 3.63) is 29.8 Å². The zero-order valence-electron chi connectivity index (χ0n) is 12.8. The summed E-state index contributed by atoms with van der Waals surface area (Å²) in [5.41, 5.74) is -0.762. The van der Waals surface area contributed by atoms with Crippen LogP contribution in [0.15, 0.2) is 24.3 Å². The first kappa shape index (κ1) is 20.5. The van der Waals surface area contributed by atoms with Crippen molar-refractivity contribution in [1.82, 2.24) is 10.6 Å². The smallest absolute Gasteiger partial charge is 0.416 e. The van der Waals surface area contributed by atoms with Gasteiger partial charge in [0.1, 0.15) is 18.5 Å². The molecule has 2 unspecified atom stereocenters. The Balaban J connectivity index is 0.00000288. The summed E-state index contributed by atoms with van der Waals surface area (Å²) in [6.45, 7) is 0.707. The van der Waals surface area contributed by atoms with Crippen LogP contribution in [0.25, 0.3) is 0 Å². The molecule has 1 aliphatic heterocycles. The second-order valence-corrected chi connectivity index (χ2v) is 5.38. The van der Waals surface area contributed by atoms with Gasteiger partial charge in [-0.25, -0.2) is 0 Å². The first-order chi connectivity index (χ1) is 10.9. The minimum absolute atomic E-state index is 0. The Morgan fingerprint density at radius 2 is 2.04 bits per heavy atom. The lowest BCUT2D eigenvalue weighted by Crippen LogP contribution is -2.44. The highest BCUT2D eigenvalue weighted by molar-refractivity contribution is 5.85. The third-order valence-electron chi connectivity index (χ3n) is 3.51. The van der Waals surface area contributed by atoms with Crippen molar-refractivity contribution in [3.63, 3.8) is 0 Å². The summed E-state index contributed by atoms with van der Waals surface area (Å²) >= 11 is 0. The fourth-order valence-electron chi connectivity index (χ4n) is 2.24. The van der Waals surface area contributed by atoms with Gasteiger partial charge in [-0.1, -0.05) is 0 Å². The zero-order valence-corrected chi connectivity index (χ0v) is 13.6. The normalized spacial score (nSPS) is 18.6. The first-order valence-corrected chi connectivity index (χ1v) is 7.35. The van der Waals surface area contributed by atoms with E-state index in [1.165, 1.54) is 12.1 Å². The van der Waals surface area contributed by atoms with Crippen LogP contribution in [0.4, 0.5) is 13.2 Å². The predicted octanol–water partition coefficient (Wildman–Crippen LogP) is 1.74.